The molecule has 0 nitrogen and oxygen atoms in total. The van der Waals surface area contributed by atoms with Crippen LogP contribution in [0.4, 0.5) is 0 Å². The van der Waals surface area contributed by atoms with Crippen LogP contribution in [-0.2, 0) is 16.2 Å². The van der Waals surface area contributed by atoms with E-state index < -0.39 is 18.4 Å². The topological polar surface area (TPSA) is 0 Å². The molecule has 0 spiro atoms. The molecule has 0 N–H and O–H groups in total. The van der Waals surface area contributed by atoms with Gasteiger partial charge in [0.2, 0.25) is 0 Å². The zero-order valence-corrected chi connectivity index (χ0v) is 23.8. The van der Waals surface area contributed by atoms with E-state index >= 15 is 0 Å². The summed E-state index contributed by atoms with van der Waals surface area (Å²) in [6.07, 6.45) is 0. The van der Waals surface area contributed by atoms with Crippen LogP contribution in [-0.4, -0.2) is 20.6 Å². The first-order chi connectivity index (χ1) is 10.8. The van der Waals surface area contributed by atoms with E-state index in [1.807, 2.05) is 0 Å². The first-order valence-corrected chi connectivity index (χ1v) is 21.0. The SMILES string of the molecule is CC(C)(C)c1cc(C(C)(C)C)c(P=[C](Br)[Sn]([CH3])([CH3])[CH3])c(C(C)(C)C)c1. The number of rotatable bonds is 2. The molecule has 0 amide bonds. The third kappa shape index (κ3) is 6.35. The van der Waals surface area contributed by atoms with Gasteiger partial charge < -0.3 is 0 Å². The predicted octanol–water partition coefficient (Wildman–Crippen LogP) is 7.55. The standard InChI is InChI=1S/C19H29BrP.3CH3.Sn/c1-17(2,3)13-10-14(18(4,5)6)16(21-12-20)15(11-13)19(7,8)9;;;;/h10-11H,1-9H3;3*1H3;. The van der Waals surface area contributed by atoms with Crippen molar-refractivity contribution in [3.63, 3.8) is 0 Å². The Kier molecular flexibility index (Phi) is 7.20. The maximum atomic E-state index is 3.99. The number of benzene rings is 1. The van der Waals surface area contributed by atoms with Gasteiger partial charge in [-0.25, -0.2) is 0 Å². The molecule has 0 atom stereocenters. The first kappa shape index (κ1) is 23.7. The van der Waals surface area contributed by atoms with Gasteiger partial charge in [0.15, 0.2) is 0 Å². The minimum absolute atomic E-state index is 0.143. The fourth-order valence-electron chi connectivity index (χ4n) is 2.60. The fourth-order valence-corrected chi connectivity index (χ4v) is 8.53. The van der Waals surface area contributed by atoms with Gasteiger partial charge in [0.05, 0.1) is 0 Å². The monoisotopic (exact) mass is 532 g/mol. The Morgan fingerprint density at radius 3 is 1.36 bits per heavy atom. The van der Waals surface area contributed by atoms with E-state index in [2.05, 4.69) is 105 Å². The molecule has 0 aliphatic carbocycles. The number of hydrogen-bond donors (Lipinski definition) is 0. The molecule has 1 aromatic rings. The van der Waals surface area contributed by atoms with Crippen LogP contribution in [0.5, 0.6) is 0 Å². The molecule has 0 saturated heterocycles. The quantitative estimate of drug-likeness (QED) is 0.273. The Morgan fingerprint density at radius 2 is 1.12 bits per heavy atom. The zero-order valence-electron chi connectivity index (χ0n) is 18.5. The van der Waals surface area contributed by atoms with Crippen molar-refractivity contribution in [3.8, 4) is 0 Å². The van der Waals surface area contributed by atoms with Gasteiger partial charge in [0.1, 0.15) is 0 Å². The predicted molar refractivity (Wildman–Crippen MR) is 126 cm³/mol. The summed E-state index contributed by atoms with van der Waals surface area (Å²) in [6, 6.07) is 4.96. The normalized spacial score (nSPS) is 14.8. The van der Waals surface area contributed by atoms with Crippen molar-refractivity contribution < 1.29 is 0 Å². The summed E-state index contributed by atoms with van der Waals surface area (Å²) in [4.78, 5) is 7.47. The summed E-state index contributed by atoms with van der Waals surface area (Å²) in [6.45, 7) is 21.1. The van der Waals surface area contributed by atoms with Crippen LogP contribution >= 0.6 is 24.1 Å². The van der Waals surface area contributed by atoms with Crippen molar-refractivity contribution in [2.75, 3.05) is 0 Å². The van der Waals surface area contributed by atoms with E-state index in [0.717, 1.165) is 0 Å². The molecule has 0 heterocycles. The molecule has 0 radical (unpaired) electrons. The Hall–Kier alpha value is 0.669. The van der Waals surface area contributed by atoms with Crippen LogP contribution in [0.15, 0.2) is 12.1 Å². The molecule has 0 aliphatic heterocycles. The van der Waals surface area contributed by atoms with Gasteiger partial charge in [0.25, 0.3) is 0 Å². The second-order valence-electron chi connectivity index (χ2n) is 11.3. The molecule has 0 saturated carbocycles. The Labute approximate surface area is 171 Å². The van der Waals surface area contributed by atoms with Crippen molar-refractivity contribution in [2.24, 2.45) is 0 Å². The van der Waals surface area contributed by atoms with Crippen molar-refractivity contribution in [1.29, 1.82) is 0 Å². The van der Waals surface area contributed by atoms with Crippen LogP contribution in [0.25, 0.3) is 0 Å². The van der Waals surface area contributed by atoms with Gasteiger partial charge in [-0.2, -0.15) is 0 Å². The van der Waals surface area contributed by atoms with Crippen LogP contribution < -0.4 is 5.30 Å². The van der Waals surface area contributed by atoms with Crippen molar-refractivity contribution in [2.45, 2.75) is 93.4 Å². The molecule has 0 unspecified atom stereocenters. The van der Waals surface area contributed by atoms with Gasteiger partial charge in [-0.05, 0) is 0 Å². The van der Waals surface area contributed by atoms with E-state index in [9.17, 15) is 0 Å². The molecular weight excluding hydrogens is 494 g/mol. The van der Waals surface area contributed by atoms with E-state index in [0.29, 0.717) is 0 Å². The van der Waals surface area contributed by atoms with Crippen molar-refractivity contribution in [3.05, 3.63) is 28.8 Å². The summed E-state index contributed by atoms with van der Waals surface area (Å²) in [5.41, 5.74) is 4.93. The van der Waals surface area contributed by atoms with Crippen molar-refractivity contribution >= 4 is 50.0 Å². The second kappa shape index (κ2) is 7.59. The third-order valence-corrected chi connectivity index (χ3v) is 22.8. The van der Waals surface area contributed by atoms with Crippen LogP contribution in [0.2, 0.25) is 14.8 Å². The average molecular weight is 532 g/mol. The average Bonchev–Trinajstić information content (AvgIpc) is 2.33. The molecule has 142 valence electrons. The summed E-state index contributed by atoms with van der Waals surface area (Å²) in [7, 11) is 1.39. The van der Waals surface area contributed by atoms with Gasteiger partial charge in [-0.3, -0.25) is 0 Å². The summed E-state index contributed by atoms with van der Waals surface area (Å²) < 4.78 is 1.56. The maximum absolute atomic E-state index is 3.99. The van der Waals surface area contributed by atoms with Gasteiger partial charge in [0, 0.05) is 0 Å². The van der Waals surface area contributed by atoms with Crippen LogP contribution in [0.3, 0.4) is 0 Å². The number of hydrogen-bond acceptors (Lipinski definition) is 0. The molecule has 3 heteroatoms. The minimum atomic E-state index is -2.10. The fraction of sp³-hybridized carbons (Fsp3) is 0.682. The van der Waals surface area contributed by atoms with E-state index in [1.54, 1.807) is 2.22 Å². The van der Waals surface area contributed by atoms with E-state index in [-0.39, 0.29) is 16.2 Å². The Balaban J connectivity index is 3.96. The first-order valence-electron chi connectivity index (χ1n) is 9.29. The molecule has 1 rings (SSSR count). The van der Waals surface area contributed by atoms with E-state index in [1.165, 1.54) is 30.2 Å². The molecule has 0 aromatic heterocycles. The summed E-state index contributed by atoms with van der Waals surface area (Å²) >= 11 is 1.90. The van der Waals surface area contributed by atoms with Gasteiger partial charge in [-0.15, -0.1) is 0 Å². The molecule has 1 aromatic carbocycles. The van der Waals surface area contributed by atoms with Crippen LogP contribution in [0, 0.1) is 0 Å². The van der Waals surface area contributed by atoms with E-state index in [4.69, 9.17) is 0 Å². The molecule has 0 aliphatic rings. The molecule has 0 fully saturated rings. The van der Waals surface area contributed by atoms with Crippen LogP contribution in [0.1, 0.15) is 79.0 Å². The zero-order chi connectivity index (χ0) is 20.0. The Bertz CT molecular complexity index is 624. The molecular formula is C22H38BrPSn. The van der Waals surface area contributed by atoms with Gasteiger partial charge in [-0.1, -0.05) is 0 Å². The van der Waals surface area contributed by atoms with Crippen molar-refractivity contribution in [1.82, 2.24) is 0 Å². The third-order valence-electron chi connectivity index (χ3n) is 4.42. The number of halogens is 1. The molecule has 25 heavy (non-hydrogen) atoms. The summed E-state index contributed by atoms with van der Waals surface area (Å²) in [5.74, 6) is 0. The second-order valence-corrected chi connectivity index (χ2v) is 31.4. The Morgan fingerprint density at radius 1 is 0.760 bits per heavy atom. The molecule has 0 bridgehead atoms. The summed E-state index contributed by atoms with van der Waals surface area (Å²) in [5, 5.41) is 1.53. The van der Waals surface area contributed by atoms with Gasteiger partial charge >= 0.3 is 172 Å².